The lowest BCUT2D eigenvalue weighted by molar-refractivity contribution is 0.342. The summed E-state index contributed by atoms with van der Waals surface area (Å²) >= 11 is 0. The highest BCUT2D eigenvalue weighted by Gasteiger charge is 2.26. The number of piperazine rings is 1. The van der Waals surface area contributed by atoms with Crippen LogP contribution < -0.4 is 9.64 Å². The quantitative estimate of drug-likeness (QED) is 0.631. The molecule has 0 amide bonds. The lowest BCUT2D eigenvalue weighted by Gasteiger charge is -2.35. The van der Waals surface area contributed by atoms with Gasteiger partial charge in [0.15, 0.2) is 0 Å². The number of methoxy groups -OCH3 is 1. The normalized spacial score (nSPS) is 15.5. The van der Waals surface area contributed by atoms with E-state index in [-0.39, 0.29) is 5.75 Å². The molecule has 0 radical (unpaired) electrons. The van der Waals surface area contributed by atoms with Crippen molar-refractivity contribution >= 4 is 15.7 Å². The fourth-order valence-electron chi connectivity index (χ4n) is 3.03. The summed E-state index contributed by atoms with van der Waals surface area (Å²) in [5, 5.41) is 0. The number of ether oxygens (including phenoxy) is 1. The molecule has 0 bridgehead atoms. The standard InChI is InChI=1S/C20H31N3O3S/c1-4-21(5-2)13-7-6-8-18-27(24,25)23-16-14-22(15-17-23)19-9-11-20(26-3)12-10-19/h9-12H,4-5,8,13-18H2,1-3H3. The third-order valence-electron chi connectivity index (χ3n) is 4.88. The van der Waals surface area contributed by atoms with Gasteiger partial charge in [0.05, 0.1) is 19.4 Å². The van der Waals surface area contributed by atoms with Gasteiger partial charge >= 0.3 is 0 Å². The van der Waals surface area contributed by atoms with Crippen LogP contribution in [0.4, 0.5) is 5.69 Å². The lowest BCUT2D eigenvalue weighted by Crippen LogP contribution is -2.49. The number of hydrogen-bond donors (Lipinski definition) is 0. The molecule has 0 atom stereocenters. The summed E-state index contributed by atoms with van der Waals surface area (Å²) in [6.07, 6.45) is 0.391. The van der Waals surface area contributed by atoms with Crippen LogP contribution in [0.15, 0.2) is 24.3 Å². The number of rotatable bonds is 8. The number of nitrogens with zero attached hydrogens (tertiary/aromatic N) is 3. The molecule has 7 heteroatoms. The van der Waals surface area contributed by atoms with Crippen LogP contribution in [-0.2, 0) is 10.0 Å². The van der Waals surface area contributed by atoms with Crippen LogP contribution in [0.3, 0.4) is 0 Å². The zero-order chi connectivity index (χ0) is 19.7. The van der Waals surface area contributed by atoms with Crippen molar-refractivity contribution in [3.8, 4) is 17.6 Å². The number of hydrogen-bond acceptors (Lipinski definition) is 5. The van der Waals surface area contributed by atoms with Gasteiger partial charge in [-0.25, -0.2) is 8.42 Å². The van der Waals surface area contributed by atoms with Crippen molar-refractivity contribution in [2.24, 2.45) is 0 Å². The predicted molar refractivity (Wildman–Crippen MR) is 111 cm³/mol. The maximum absolute atomic E-state index is 12.5. The maximum atomic E-state index is 12.5. The molecule has 1 aliphatic heterocycles. The van der Waals surface area contributed by atoms with E-state index in [0.29, 0.717) is 39.1 Å². The van der Waals surface area contributed by atoms with Crippen molar-refractivity contribution in [3.05, 3.63) is 24.3 Å². The lowest BCUT2D eigenvalue weighted by atomic mass is 10.2. The summed E-state index contributed by atoms with van der Waals surface area (Å²) in [5.74, 6) is 7.00. The van der Waals surface area contributed by atoms with Gasteiger partial charge in [0, 0.05) is 38.3 Å². The van der Waals surface area contributed by atoms with Gasteiger partial charge in [-0.1, -0.05) is 19.8 Å². The van der Waals surface area contributed by atoms with Crippen LogP contribution in [0.5, 0.6) is 5.75 Å². The summed E-state index contributed by atoms with van der Waals surface area (Å²) in [4.78, 5) is 4.41. The Kier molecular flexibility index (Phi) is 8.42. The first-order valence-electron chi connectivity index (χ1n) is 9.55. The van der Waals surface area contributed by atoms with Crippen LogP contribution in [-0.4, -0.2) is 76.3 Å². The summed E-state index contributed by atoms with van der Waals surface area (Å²) in [6.45, 7) is 9.24. The molecule has 1 fully saturated rings. The maximum Gasteiger partial charge on any atom is 0.215 e. The van der Waals surface area contributed by atoms with Gasteiger partial charge in [-0.05, 0) is 37.4 Å². The Morgan fingerprint density at radius 3 is 2.22 bits per heavy atom. The number of sulfonamides is 1. The smallest absolute Gasteiger partial charge is 0.215 e. The van der Waals surface area contributed by atoms with Gasteiger partial charge in [-0.15, -0.1) is 5.92 Å². The van der Waals surface area contributed by atoms with E-state index in [0.717, 1.165) is 24.5 Å². The molecule has 1 aromatic carbocycles. The summed E-state index contributed by atoms with van der Waals surface area (Å²) in [7, 11) is -1.60. The number of anilines is 1. The minimum absolute atomic E-state index is 0.0980. The molecule has 27 heavy (non-hydrogen) atoms. The molecular formula is C20H31N3O3S. The van der Waals surface area contributed by atoms with E-state index in [4.69, 9.17) is 4.74 Å². The molecular weight excluding hydrogens is 362 g/mol. The summed E-state index contributed by atoms with van der Waals surface area (Å²) < 4.78 is 31.8. The van der Waals surface area contributed by atoms with E-state index < -0.39 is 10.0 Å². The van der Waals surface area contributed by atoms with Crippen LogP contribution in [0.2, 0.25) is 0 Å². The third kappa shape index (κ3) is 6.42. The average molecular weight is 394 g/mol. The fourth-order valence-corrected chi connectivity index (χ4v) is 4.37. The Labute approximate surface area is 164 Å². The average Bonchev–Trinajstić information content (AvgIpc) is 2.71. The molecule has 0 aliphatic carbocycles. The molecule has 1 heterocycles. The van der Waals surface area contributed by atoms with Crippen molar-refractivity contribution in [2.45, 2.75) is 20.3 Å². The molecule has 0 unspecified atom stereocenters. The molecule has 150 valence electrons. The highest BCUT2D eigenvalue weighted by atomic mass is 32.2. The van der Waals surface area contributed by atoms with Crippen molar-refractivity contribution in [1.82, 2.24) is 9.21 Å². The first-order chi connectivity index (χ1) is 13.0. The third-order valence-corrected chi connectivity index (χ3v) is 6.75. The molecule has 1 aromatic rings. The van der Waals surface area contributed by atoms with E-state index >= 15 is 0 Å². The van der Waals surface area contributed by atoms with Crippen molar-refractivity contribution in [1.29, 1.82) is 0 Å². The second-order valence-electron chi connectivity index (χ2n) is 6.47. The Balaban J connectivity index is 1.80. The zero-order valence-corrected chi connectivity index (χ0v) is 17.5. The van der Waals surface area contributed by atoms with Gasteiger partial charge in [0.2, 0.25) is 10.0 Å². The van der Waals surface area contributed by atoms with Gasteiger partial charge < -0.3 is 9.64 Å². The van der Waals surface area contributed by atoms with Crippen LogP contribution in [0.25, 0.3) is 0 Å². The van der Waals surface area contributed by atoms with Gasteiger partial charge in [-0.2, -0.15) is 4.31 Å². The topological polar surface area (TPSA) is 53.1 Å². The zero-order valence-electron chi connectivity index (χ0n) is 16.6. The highest BCUT2D eigenvalue weighted by Crippen LogP contribution is 2.21. The van der Waals surface area contributed by atoms with E-state index in [1.807, 2.05) is 24.3 Å². The van der Waals surface area contributed by atoms with E-state index in [1.54, 1.807) is 11.4 Å². The minimum atomic E-state index is -3.24. The van der Waals surface area contributed by atoms with E-state index in [1.165, 1.54) is 0 Å². The summed E-state index contributed by atoms with van der Waals surface area (Å²) in [5.41, 5.74) is 1.09. The second kappa shape index (κ2) is 10.5. The van der Waals surface area contributed by atoms with Gasteiger partial charge in [0.25, 0.3) is 0 Å². The molecule has 1 saturated heterocycles. The predicted octanol–water partition coefficient (Wildman–Crippen LogP) is 1.88. The minimum Gasteiger partial charge on any atom is -0.497 e. The van der Waals surface area contributed by atoms with Crippen molar-refractivity contribution < 1.29 is 13.2 Å². The van der Waals surface area contributed by atoms with Gasteiger partial charge in [-0.3, -0.25) is 4.90 Å². The molecule has 0 spiro atoms. The van der Waals surface area contributed by atoms with Crippen LogP contribution in [0.1, 0.15) is 20.3 Å². The molecule has 6 nitrogen and oxygen atoms in total. The Morgan fingerprint density at radius 2 is 1.67 bits per heavy atom. The largest absolute Gasteiger partial charge is 0.497 e. The second-order valence-corrected chi connectivity index (χ2v) is 8.55. The molecule has 2 rings (SSSR count). The Hall–Kier alpha value is -1.75. The molecule has 0 aromatic heterocycles. The first-order valence-corrected chi connectivity index (χ1v) is 11.2. The number of benzene rings is 1. The Bertz CT molecular complexity index is 726. The van der Waals surface area contributed by atoms with Crippen molar-refractivity contribution in [3.63, 3.8) is 0 Å². The molecule has 0 saturated carbocycles. The van der Waals surface area contributed by atoms with E-state index in [2.05, 4.69) is 35.5 Å². The Morgan fingerprint density at radius 1 is 1.04 bits per heavy atom. The monoisotopic (exact) mass is 393 g/mol. The van der Waals surface area contributed by atoms with E-state index in [9.17, 15) is 8.42 Å². The first kappa shape index (κ1) is 21.5. The highest BCUT2D eigenvalue weighted by molar-refractivity contribution is 7.89. The van der Waals surface area contributed by atoms with Crippen molar-refractivity contribution in [2.75, 3.05) is 63.6 Å². The molecule has 0 N–H and O–H groups in total. The summed E-state index contributed by atoms with van der Waals surface area (Å²) in [6, 6.07) is 7.87. The fraction of sp³-hybridized carbons (Fsp3) is 0.600. The molecule has 1 aliphatic rings. The van der Waals surface area contributed by atoms with Gasteiger partial charge in [0.1, 0.15) is 5.75 Å². The van der Waals surface area contributed by atoms with Crippen LogP contribution in [0, 0.1) is 11.8 Å². The SMILES string of the molecule is CCN(CC)CC#CCCS(=O)(=O)N1CCN(c2ccc(OC)cc2)CC1. The van der Waals surface area contributed by atoms with Crippen LogP contribution >= 0.6 is 0 Å².